The second-order valence-corrected chi connectivity index (χ2v) is 0.575. The van der Waals surface area contributed by atoms with Gasteiger partial charge in [-0.25, -0.2) is 0 Å². The summed E-state index contributed by atoms with van der Waals surface area (Å²) in [5.74, 6) is -4.37. The van der Waals surface area contributed by atoms with Crippen LogP contribution in [0, 0.1) is 0 Å². The number of rotatable bonds is 0. The molecule has 0 aliphatic carbocycles. The van der Waals surface area contributed by atoms with Gasteiger partial charge in [-0.05, 0) is 0 Å². The zero-order valence-electron chi connectivity index (χ0n) is 3.95. The molecule has 0 aromatic rings. The summed E-state index contributed by atoms with van der Waals surface area (Å²) in [6, 6.07) is 0. The van der Waals surface area contributed by atoms with E-state index in [9.17, 15) is 0 Å². The van der Waals surface area contributed by atoms with Crippen LogP contribution in [-0.4, -0.2) is 22.9 Å². The van der Waals surface area contributed by atoms with Gasteiger partial charge in [0, 0.05) is 0 Å². The molecule has 0 aliphatic heterocycles. The van der Waals surface area contributed by atoms with Gasteiger partial charge in [0.2, 0.25) is 0 Å². The van der Waals surface area contributed by atoms with Crippen LogP contribution in [-0.2, 0) is 26.1 Å². The minimum Gasteiger partial charge on any atom is -0.543 e. The predicted octanol–water partition coefficient (Wildman–Crippen LogP) is -5.17. The molecule has 0 bridgehead atoms. The topological polar surface area (TPSA) is 143 Å². The summed E-state index contributed by atoms with van der Waals surface area (Å²) in [5.41, 5.74) is 0. The zero-order chi connectivity index (χ0) is 5.15. The first-order chi connectivity index (χ1) is 2.64. The molecule has 7 heteroatoms. The predicted molar refractivity (Wildman–Crippen MR) is 17.2 cm³/mol. The van der Waals surface area contributed by atoms with Crippen molar-refractivity contribution < 1.29 is 47.2 Å². The Morgan fingerprint density at radius 1 is 0.889 bits per heavy atom. The van der Waals surface area contributed by atoms with Gasteiger partial charge in [-0.15, -0.1) is 0 Å². The summed E-state index contributed by atoms with van der Waals surface area (Å²) in [6.45, 7) is 0. The quantitative estimate of drug-likeness (QED) is 0.273. The summed E-state index contributed by atoms with van der Waals surface area (Å²) < 4.78 is 0. The number of hydrogen-bond acceptors (Lipinski definition) is 4. The summed E-state index contributed by atoms with van der Waals surface area (Å²) in [5, 5.41) is 17.9. The van der Waals surface area contributed by atoms with Gasteiger partial charge >= 0.3 is 16.5 Å². The number of carbonyl (C=O) groups excluding carboxylic acids is 2. The molecule has 0 unspecified atom stereocenters. The number of carbonyl (C=O) groups is 2. The van der Waals surface area contributed by atoms with Crippen molar-refractivity contribution >= 4 is 11.9 Å². The third-order valence-electron chi connectivity index (χ3n) is 0.167. The van der Waals surface area contributed by atoms with Crippen molar-refractivity contribution in [3.8, 4) is 0 Å². The minimum atomic E-state index is -2.19. The standard InChI is InChI=1S/C2H2O4.Ni.2H2O/c3-1(4)2(5)6;;;/h(H,3,4)(H,5,6);;2*1H2/q;+2;;/p-2. The molecule has 9 heavy (non-hydrogen) atoms. The van der Waals surface area contributed by atoms with E-state index in [4.69, 9.17) is 19.8 Å². The van der Waals surface area contributed by atoms with Crippen LogP contribution in [0.3, 0.4) is 0 Å². The van der Waals surface area contributed by atoms with Gasteiger partial charge in [0.25, 0.3) is 0 Å². The molecule has 0 radical (unpaired) electrons. The smallest absolute Gasteiger partial charge is 0.543 e. The largest absolute Gasteiger partial charge is 2.00 e. The van der Waals surface area contributed by atoms with E-state index in [1.165, 1.54) is 0 Å². The molecule has 4 N–H and O–H groups in total. The van der Waals surface area contributed by atoms with E-state index in [1.54, 1.807) is 0 Å². The molecule has 0 fully saturated rings. The molecule has 0 atom stereocenters. The maximum atomic E-state index is 8.93. The normalized spacial score (nSPS) is 4.89. The molecule has 0 aliphatic rings. The van der Waals surface area contributed by atoms with Crippen LogP contribution in [0.15, 0.2) is 0 Å². The fourth-order valence-corrected chi connectivity index (χ4v) is 0. The SMILES string of the molecule is O.O.O=C([O-])C(=O)[O-].[Ni+2]. The molecule has 0 heterocycles. The molecule has 0 saturated heterocycles. The van der Waals surface area contributed by atoms with Gasteiger partial charge < -0.3 is 30.8 Å². The number of hydrogen-bond donors (Lipinski definition) is 0. The molecular formula is C2H4NiO6. The van der Waals surface area contributed by atoms with Crippen LogP contribution >= 0.6 is 0 Å². The third kappa shape index (κ3) is 18.7. The first-order valence-electron chi connectivity index (χ1n) is 1.07. The first-order valence-corrected chi connectivity index (χ1v) is 1.07. The maximum Gasteiger partial charge on any atom is 2.00 e. The van der Waals surface area contributed by atoms with Crippen LogP contribution < -0.4 is 10.2 Å². The summed E-state index contributed by atoms with van der Waals surface area (Å²) in [7, 11) is 0. The Labute approximate surface area is 60.0 Å². The average Bonchev–Trinajstić information content (AvgIpc) is 1.36. The van der Waals surface area contributed by atoms with E-state index in [1.807, 2.05) is 0 Å². The second kappa shape index (κ2) is 10.4. The molecule has 0 aromatic heterocycles. The second-order valence-electron chi connectivity index (χ2n) is 0.575. The van der Waals surface area contributed by atoms with E-state index in [0.717, 1.165) is 0 Å². The fourth-order valence-electron chi connectivity index (χ4n) is 0. The molecule has 58 valence electrons. The maximum absolute atomic E-state index is 8.93. The Kier molecular flexibility index (Phi) is 27.4. The summed E-state index contributed by atoms with van der Waals surface area (Å²) in [6.07, 6.45) is 0. The molecule has 0 amide bonds. The summed E-state index contributed by atoms with van der Waals surface area (Å²) in [4.78, 5) is 17.9. The third-order valence-corrected chi connectivity index (χ3v) is 0.167. The van der Waals surface area contributed by atoms with Gasteiger partial charge in [0.1, 0.15) is 0 Å². The Morgan fingerprint density at radius 3 is 1.00 bits per heavy atom. The van der Waals surface area contributed by atoms with Crippen LogP contribution in [0.2, 0.25) is 0 Å². The van der Waals surface area contributed by atoms with E-state index in [-0.39, 0.29) is 27.4 Å². The van der Waals surface area contributed by atoms with Gasteiger partial charge in [-0.1, -0.05) is 0 Å². The number of aliphatic carboxylic acids is 2. The van der Waals surface area contributed by atoms with Crippen molar-refractivity contribution in [3.63, 3.8) is 0 Å². The Bertz CT molecular complexity index is 77.1. The van der Waals surface area contributed by atoms with E-state index in [0.29, 0.717) is 0 Å². The van der Waals surface area contributed by atoms with Crippen LogP contribution in [0.4, 0.5) is 0 Å². The fraction of sp³-hybridized carbons (Fsp3) is 0. The van der Waals surface area contributed by atoms with Gasteiger partial charge in [0.05, 0.1) is 11.9 Å². The van der Waals surface area contributed by atoms with Crippen molar-refractivity contribution in [1.82, 2.24) is 0 Å². The Hall–Kier alpha value is -0.646. The molecule has 6 nitrogen and oxygen atoms in total. The minimum absolute atomic E-state index is 0. The molecule has 0 rings (SSSR count). The van der Waals surface area contributed by atoms with Crippen LogP contribution in [0.25, 0.3) is 0 Å². The van der Waals surface area contributed by atoms with E-state index >= 15 is 0 Å². The average molecular weight is 183 g/mol. The van der Waals surface area contributed by atoms with Gasteiger partial charge in [-0.3, -0.25) is 0 Å². The molecule has 0 aromatic carbocycles. The van der Waals surface area contributed by atoms with Crippen molar-refractivity contribution in [3.05, 3.63) is 0 Å². The Balaban J connectivity index is -0.0000000417. The molecule has 0 saturated carbocycles. The van der Waals surface area contributed by atoms with Gasteiger partial charge in [-0.2, -0.15) is 0 Å². The van der Waals surface area contributed by atoms with Crippen molar-refractivity contribution in [2.45, 2.75) is 0 Å². The summed E-state index contributed by atoms with van der Waals surface area (Å²) >= 11 is 0. The molecule has 0 spiro atoms. The van der Waals surface area contributed by atoms with E-state index in [2.05, 4.69) is 0 Å². The van der Waals surface area contributed by atoms with Gasteiger partial charge in [0.15, 0.2) is 0 Å². The zero-order valence-corrected chi connectivity index (χ0v) is 4.94. The number of carboxylic acids is 2. The van der Waals surface area contributed by atoms with Crippen molar-refractivity contribution in [2.24, 2.45) is 0 Å². The Morgan fingerprint density at radius 2 is 1.00 bits per heavy atom. The van der Waals surface area contributed by atoms with Crippen LogP contribution in [0.1, 0.15) is 0 Å². The molecular weight excluding hydrogens is 179 g/mol. The number of carboxylic acid groups (broad SMARTS) is 2. The van der Waals surface area contributed by atoms with E-state index < -0.39 is 11.9 Å². The van der Waals surface area contributed by atoms with Crippen molar-refractivity contribution in [2.75, 3.05) is 0 Å². The first kappa shape index (κ1) is 23.8. The monoisotopic (exact) mass is 182 g/mol. The van der Waals surface area contributed by atoms with Crippen molar-refractivity contribution in [1.29, 1.82) is 0 Å². The van der Waals surface area contributed by atoms with Crippen LogP contribution in [0.5, 0.6) is 0 Å².